The number of hydrogen-bond donors (Lipinski definition) is 1. The molecule has 9 heteroatoms. The number of nitrogens with zero attached hydrogens (tertiary/aromatic N) is 3. The quantitative estimate of drug-likeness (QED) is 0.672. The summed E-state index contributed by atoms with van der Waals surface area (Å²) in [6.07, 6.45) is 7.24. The average molecular weight is 447 g/mol. The lowest BCUT2D eigenvalue weighted by Crippen LogP contribution is -2.37. The van der Waals surface area contributed by atoms with Gasteiger partial charge in [-0.05, 0) is 42.7 Å². The summed E-state index contributed by atoms with van der Waals surface area (Å²) >= 11 is 0. The topological polar surface area (TPSA) is 91.8 Å². The lowest BCUT2D eigenvalue weighted by atomic mass is 10.2. The number of methoxy groups -OCH3 is 1. The lowest BCUT2D eigenvalue weighted by molar-refractivity contribution is 0.153. The minimum absolute atomic E-state index is 0.197. The zero-order valence-electron chi connectivity index (χ0n) is 17.9. The molecule has 1 aromatic carbocycles. The van der Waals surface area contributed by atoms with E-state index >= 15 is 0 Å². The van der Waals surface area contributed by atoms with E-state index in [-0.39, 0.29) is 10.9 Å². The SMILES string of the molecule is COCCN(Cc1cccnc1)C(=O)Nc1cccc(S(=O)(=O)N2CCCCCC2)c1. The van der Waals surface area contributed by atoms with Crippen molar-refractivity contribution < 1.29 is 17.9 Å². The van der Waals surface area contributed by atoms with E-state index < -0.39 is 10.0 Å². The van der Waals surface area contributed by atoms with Gasteiger partial charge in [0.25, 0.3) is 0 Å². The summed E-state index contributed by atoms with van der Waals surface area (Å²) < 4.78 is 32.8. The molecule has 168 valence electrons. The number of rotatable bonds is 8. The summed E-state index contributed by atoms with van der Waals surface area (Å²) in [5.41, 5.74) is 1.33. The number of anilines is 1. The second-order valence-electron chi connectivity index (χ2n) is 7.55. The number of nitrogens with one attached hydrogen (secondary N) is 1. The largest absolute Gasteiger partial charge is 0.383 e. The second-order valence-corrected chi connectivity index (χ2v) is 9.49. The van der Waals surface area contributed by atoms with Crippen molar-refractivity contribution in [2.75, 3.05) is 38.7 Å². The molecule has 1 aromatic heterocycles. The highest BCUT2D eigenvalue weighted by Crippen LogP contribution is 2.23. The Bertz CT molecular complexity index is 945. The molecule has 1 saturated heterocycles. The zero-order chi connectivity index (χ0) is 22.1. The van der Waals surface area contributed by atoms with Crippen molar-refractivity contribution in [3.8, 4) is 0 Å². The van der Waals surface area contributed by atoms with E-state index in [1.807, 2.05) is 12.1 Å². The molecular formula is C22H30N4O4S. The molecule has 2 amide bonds. The van der Waals surface area contributed by atoms with Crippen LogP contribution >= 0.6 is 0 Å². The van der Waals surface area contributed by atoms with Crippen LogP contribution in [-0.4, -0.2) is 62.0 Å². The molecule has 1 fully saturated rings. The molecule has 3 rings (SSSR count). The highest BCUT2D eigenvalue weighted by Gasteiger charge is 2.25. The first-order chi connectivity index (χ1) is 15.0. The summed E-state index contributed by atoms with van der Waals surface area (Å²) in [4.78, 5) is 18.8. The van der Waals surface area contributed by atoms with E-state index in [0.29, 0.717) is 38.5 Å². The van der Waals surface area contributed by atoms with Crippen LogP contribution in [0, 0.1) is 0 Å². The molecule has 0 aliphatic carbocycles. The number of ether oxygens (including phenoxy) is 1. The first-order valence-electron chi connectivity index (χ1n) is 10.5. The Morgan fingerprint density at radius 2 is 1.94 bits per heavy atom. The van der Waals surface area contributed by atoms with Crippen LogP contribution in [0.5, 0.6) is 0 Å². The van der Waals surface area contributed by atoms with Crippen LogP contribution in [0.2, 0.25) is 0 Å². The summed E-state index contributed by atoms with van der Waals surface area (Å²) in [5.74, 6) is 0. The van der Waals surface area contributed by atoms with Gasteiger partial charge in [-0.2, -0.15) is 4.31 Å². The molecule has 1 aliphatic heterocycles. The molecule has 0 bridgehead atoms. The summed E-state index contributed by atoms with van der Waals surface area (Å²) in [7, 11) is -2.01. The average Bonchev–Trinajstić information content (AvgIpc) is 3.08. The number of urea groups is 1. The Balaban J connectivity index is 1.73. The van der Waals surface area contributed by atoms with Gasteiger partial charge >= 0.3 is 6.03 Å². The number of hydrogen-bond acceptors (Lipinski definition) is 5. The Hall–Kier alpha value is -2.49. The standard InChI is InChI=1S/C22H30N4O4S/c1-30-15-14-25(18-19-8-7-11-23-17-19)22(27)24-20-9-6-10-21(16-20)31(28,29)26-12-4-2-3-5-13-26/h6-11,16-17H,2-5,12-15,18H2,1H3,(H,24,27). The van der Waals surface area contributed by atoms with Crippen LogP contribution in [0.4, 0.5) is 10.5 Å². The fraction of sp³-hybridized carbons (Fsp3) is 0.455. The van der Waals surface area contributed by atoms with Gasteiger partial charge < -0.3 is 15.0 Å². The van der Waals surface area contributed by atoms with Gasteiger partial charge in [0.2, 0.25) is 10.0 Å². The molecule has 0 spiro atoms. The van der Waals surface area contributed by atoms with Gasteiger partial charge in [-0.1, -0.05) is 25.0 Å². The third kappa shape index (κ3) is 6.49. The van der Waals surface area contributed by atoms with Gasteiger partial charge in [-0.3, -0.25) is 4.98 Å². The van der Waals surface area contributed by atoms with Gasteiger partial charge in [0.05, 0.1) is 11.5 Å². The zero-order valence-corrected chi connectivity index (χ0v) is 18.7. The van der Waals surface area contributed by atoms with Crippen LogP contribution in [0.25, 0.3) is 0 Å². The molecule has 8 nitrogen and oxygen atoms in total. The number of amides is 2. The van der Waals surface area contributed by atoms with Crippen LogP contribution in [-0.2, 0) is 21.3 Å². The Morgan fingerprint density at radius 1 is 1.16 bits per heavy atom. The number of carbonyl (C=O) groups excluding carboxylic acids is 1. The summed E-state index contributed by atoms with van der Waals surface area (Å²) in [6, 6.07) is 9.84. The van der Waals surface area contributed by atoms with E-state index in [0.717, 1.165) is 31.2 Å². The minimum Gasteiger partial charge on any atom is -0.383 e. The number of pyridine rings is 1. The van der Waals surface area contributed by atoms with E-state index in [4.69, 9.17) is 4.74 Å². The molecular weight excluding hydrogens is 416 g/mol. The highest BCUT2D eigenvalue weighted by atomic mass is 32.2. The van der Waals surface area contributed by atoms with Crippen LogP contribution in [0.15, 0.2) is 53.7 Å². The van der Waals surface area contributed by atoms with Gasteiger partial charge in [-0.25, -0.2) is 13.2 Å². The van der Waals surface area contributed by atoms with Crippen molar-refractivity contribution >= 4 is 21.7 Å². The van der Waals surface area contributed by atoms with Crippen molar-refractivity contribution in [3.05, 3.63) is 54.4 Å². The normalized spacial score (nSPS) is 15.3. The predicted molar refractivity (Wildman–Crippen MR) is 119 cm³/mol. The van der Waals surface area contributed by atoms with Gasteiger partial charge in [0.15, 0.2) is 0 Å². The van der Waals surface area contributed by atoms with Crippen molar-refractivity contribution in [1.82, 2.24) is 14.2 Å². The molecule has 0 saturated carbocycles. The Labute approximate surface area is 184 Å². The van der Waals surface area contributed by atoms with Crippen LogP contribution < -0.4 is 5.32 Å². The summed E-state index contributed by atoms with van der Waals surface area (Å²) in [6.45, 7) is 2.22. The maximum Gasteiger partial charge on any atom is 0.322 e. The molecule has 0 atom stereocenters. The van der Waals surface area contributed by atoms with Gasteiger partial charge in [0, 0.05) is 51.4 Å². The minimum atomic E-state index is -3.59. The van der Waals surface area contributed by atoms with Crippen molar-refractivity contribution in [2.45, 2.75) is 37.1 Å². The maximum absolute atomic E-state index is 13.1. The fourth-order valence-electron chi connectivity index (χ4n) is 3.53. The monoisotopic (exact) mass is 446 g/mol. The second kappa shape index (κ2) is 11.2. The smallest absolute Gasteiger partial charge is 0.322 e. The molecule has 0 unspecified atom stereocenters. The lowest BCUT2D eigenvalue weighted by Gasteiger charge is -2.23. The number of aromatic nitrogens is 1. The number of carbonyl (C=O) groups is 1. The van der Waals surface area contributed by atoms with Crippen molar-refractivity contribution in [1.29, 1.82) is 0 Å². The van der Waals surface area contributed by atoms with Gasteiger partial charge in [0.1, 0.15) is 0 Å². The van der Waals surface area contributed by atoms with Crippen LogP contribution in [0.1, 0.15) is 31.2 Å². The Kier molecular flexibility index (Phi) is 8.39. The highest BCUT2D eigenvalue weighted by molar-refractivity contribution is 7.89. The molecule has 2 heterocycles. The fourth-order valence-corrected chi connectivity index (χ4v) is 5.10. The van der Waals surface area contributed by atoms with E-state index in [1.165, 1.54) is 6.07 Å². The van der Waals surface area contributed by atoms with Crippen molar-refractivity contribution in [3.63, 3.8) is 0 Å². The van der Waals surface area contributed by atoms with Crippen molar-refractivity contribution in [2.24, 2.45) is 0 Å². The third-order valence-corrected chi connectivity index (χ3v) is 7.13. The molecule has 31 heavy (non-hydrogen) atoms. The first-order valence-corrected chi connectivity index (χ1v) is 12.0. The Morgan fingerprint density at radius 3 is 2.61 bits per heavy atom. The first kappa shape index (κ1) is 23.2. The van der Waals surface area contributed by atoms with E-state index in [2.05, 4.69) is 10.3 Å². The molecule has 1 aliphatic rings. The molecule has 1 N–H and O–H groups in total. The van der Waals surface area contributed by atoms with Gasteiger partial charge in [-0.15, -0.1) is 0 Å². The number of benzene rings is 1. The molecule has 0 radical (unpaired) electrons. The van der Waals surface area contributed by atoms with Crippen LogP contribution in [0.3, 0.4) is 0 Å². The van der Waals surface area contributed by atoms with E-state index in [9.17, 15) is 13.2 Å². The molecule has 2 aromatic rings. The van der Waals surface area contributed by atoms with E-state index in [1.54, 1.807) is 46.9 Å². The predicted octanol–water partition coefficient (Wildman–Crippen LogP) is 3.33. The summed E-state index contributed by atoms with van der Waals surface area (Å²) in [5, 5.41) is 2.83. The third-order valence-electron chi connectivity index (χ3n) is 5.24. The number of sulfonamides is 1. The maximum atomic E-state index is 13.1.